The molecule has 2 atom stereocenters. The summed E-state index contributed by atoms with van der Waals surface area (Å²) in [4.78, 5) is 14.1. The lowest BCUT2D eigenvalue weighted by Gasteiger charge is -2.29. The fourth-order valence-corrected chi connectivity index (χ4v) is 2.69. The molecule has 6 heteroatoms. The molecule has 1 aromatic rings. The number of carbonyl (C=O) groups excluding carboxylic acids is 1. The number of amides is 1. The molecule has 1 aliphatic heterocycles. The molecule has 0 aromatic heterocycles. The van der Waals surface area contributed by atoms with Crippen molar-refractivity contribution in [3.05, 3.63) is 29.6 Å². The zero-order chi connectivity index (χ0) is 16.3. The van der Waals surface area contributed by atoms with E-state index in [0.29, 0.717) is 24.3 Å². The summed E-state index contributed by atoms with van der Waals surface area (Å²) in [6.07, 6.45) is 0.439. The van der Waals surface area contributed by atoms with Crippen LogP contribution in [-0.2, 0) is 11.2 Å². The number of ether oxygens (including phenoxy) is 1. The molecule has 1 aromatic carbocycles. The molecular formula is C16H23FN2O3. The number of halogens is 1. The van der Waals surface area contributed by atoms with Gasteiger partial charge in [-0.05, 0) is 51.2 Å². The van der Waals surface area contributed by atoms with Gasteiger partial charge in [-0.1, -0.05) is 0 Å². The smallest absolute Gasteiger partial charge is 0.226 e. The van der Waals surface area contributed by atoms with Crippen LogP contribution in [0.25, 0.3) is 0 Å². The van der Waals surface area contributed by atoms with Crippen molar-refractivity contribution in [2.75, 3.05) is 33.8 Å². The molecule has 1 amide bonds. The van der Waals surface area contributed by atoms with Gasteiger partial charge in [0.15, 0.2) is 0 Å². The summed E-state index contributed by atoms with van der Waals surface area (Å²) in [6.45, 7) is 2.55. The number of likely N-dealkylation sites (N-methyl/N-ethyl adjacent to an activating group) is 1. The zero-order valence-corrected chi connectivity index (χ0v) is 13.2. The second-order valence-corrected chi connectivity index (χ2v) is 6.42. The maximum Gasteiger partial charge on any atom is 0.226 e. The minimum absolute atomic E-state index is 0.163. The third-order valence-electron chi connectivity index (χ3n) is 3.60. The van der Waals surface area contributed by atoms with E-state index in [1.807, 2.05) is 19.0 Å². The third-order valence-corrected chi connectivity index (χ3v) is 3.60. The van der Waals surface area contributed by atoms with Crippen molar-refractivity contribution in [2.45, 2.75) is 18.9 Å². The van der Waals surface area contributed by atoms with Crippen LogP contribution in [0.15, 0.2) is 18.2 Å². The Morgan fingerprint density at radius 1 is 1.55 bits per heavy atom. The predicted octanol–water partition coefficient (Wildman–Crippen LogP) is 0.806. The average molecular weight is 310 g/mol. The Hall–Kier alpha value is -1.66. The van der Waals surface area contributed by atoms with Gasteiger partial charge in [-0.15, -0.1) is 0 Å². The Bertz CT molecular complexity index is 546. The molecule has 0 aliphatic carbocycles. The standard InChI is InChI=1S/C16H23FN2O3/c1-16(21,10-19(2)3)9-18-15(20)12-6-11-7-13(17)4-5-14(11)22-8-12/h4-5,7,12,21H,6,8-10H2,1-3H3,(H,18,20). The topological polar surface area (TPSA) is 61.8 Å². The van der Waals surface area contributed by atoms with Crippen molar-refractivity contribution in [1.82, 2.24) is 10.2 Å². The first-order chi connectivity index (χ1) is 10.3. The van der Waals surface area contributed by atoms with Crippen molar-refractivity contribution < 1.29 is 19.0 Å². The summed E-state index contributed by atoms with van der Waals surface area (Å²) >= 11 is 0. The fraction of sp³-hybridized carbons (Fsp3) is 0.562. The zero-order valence-electron chi connectivity index (χ0n) is 13.2. The van der Waals surface area contributed by atoms with Gasteiger partial charge >= 0.3 is 0 Å². The molecule has 0 saturated carbocycles. The van der Waals surface area contributed by atoms with Crippen LogP contribution in [0.4, 0.5) is 4.39 Å². The second kappa shape index (κ2) is 6.62. The van der Waals surface area contributed by atoms with E-state index in [-0.39, 0.29) is 30.8 Å². The Balaban J connectivity index is 1.92. The molecule has 2 N–H and O–H groups in total. The van der Waals surface area contributed by atoms with Gasteiger partial charge in [-0.25, -0.2) is 4.39 Å². The Labute approximate surface area is 130 Å². The maximum atomic E-state index is 13.3. The van der Waals surface area contributed by atoms with Crippen LogP contribution in [0.5, 0.6) is 5.75 Å². The van der Waals surface area contributed by atoms with Gasteiger partial charge in [0.1, 0.15) is 18.2 Å². The van der Waals surface area contributed by atoms with E-state index in [1.165, 1.54) is 12.1 Å². The molecule has 2 rings (SSSR count). The first-order valence-corrected chi connectivity index (χ1v) is 7.33. The normalized spacial score (nSPS) is 20.0. The molecule has 0 fully saturated rings. The number of rotatable bonds is 5. The van der Waals surface area contributed by atoms with Crippen molar-refractivity contribution in [3.8, 4) is 5.75 Å². The van der Waals surface area contributed by atoms with Crippen LogP contribution in [0, 0.1) is 11.7 Å². The second-order valence-electron chi connectivity index (χ2n) is 6.42. The minimum atomic E-state index is -1.00. The highest BCUT2D eigenvalue weighted by atomic mass is 19.1. The molecule has 1 aliphatic rings. The monoisotopic (exact) mass is 310 g/mol. The Morgan fingerprint density at radius 2 is 2.27 bits per heavy atom. The number of nitrogens with one attached hydrogen (secondary N) is 1. The summed E-state index contributed by atoms with van der Waals surface area (Å²) in [7, 11) is 3.72. The van der Waals surface area contributed by atoms with Gasteiger partial charge in [0.05, 0.1) is 11.5 Å². The lowest BCUT2D eigenvalue weighted by atomic mass is 9.95. The molecular weight excluding hydrogens is 287 g/mol. The summed E-state index contributed by atoms with van der Waals surface area (Å²) in [5.74, 6) is -0.263. The average Bonchev–Trinajstić information content (AvgIpc) is 2.42. The first kappa shape index (κ1) is 16.7. The number of nitrogens with zero attached hydrogens (tertiary/aromatic N) is 1. The first-order valence-electron chi connectivity index (χ1n) is 7.33. The van der Waals surface area contributed by atoms with Gasteiger partial charge in [0, 0.05) is 13.1 Å². The number of benzene rings is 1. The number of hydrogen-bond donors (Lipinski definition) is 2. The van der Waals surface area contributed by atoms with Crippen LogP contribution < -0.4 is 10.1 Å². The van der Waals surface area contributed by atoms with Crippen LogP contribution in [0.2, 0.25) is 0 Å². The number of hydrogen-bond acceptors (Lipinski definition) is 4. The quantitative estimate of drug-likeness (QED) is 0.845. The van der Waals surface area contributed by atoms with Gasteiger partial charge in [-0.2, -0.15) is 0 Å². The summed E-state index contributed by atoms with van der Waals surface area (Å²) in [6, 6.07) is 4.33. The van der Waals surface area contributed by atoms with E-state index in [1.54, 1.807) is 13.0 Å². The van der Waals surface area contributed by atoms with E-state index >= 15 is 0 Å². The largest absolute Gasteiger partial charge is 0.492 e. The summed E-state index contributed by atoms with van der Waals surface area (Å²) in [5, 5.41) is 12.9. The van der Waals surface area contributed by atoms with Crippen LogP contribution in [-0.4, -0.2) is 55.3 Å². The number of aliphatic hydroxyl groups is 1. The molecule has 2 unspecified atom stereocenters. The maximum absolute atomic E-state index is 13.3. The lowest BCUT2D eigenvalue weighted by molar-refractivity contribution is -0.127. The predicted molar refractivity (Wildman–Crippen MR) is 81.3 cm³/mol. The Morgan fingerprint density at radius 3 is 2.95 bits per heavy atom. The van der Waals surface area contributed by atoms with Gasteiger partial charge in [0.2, 0.25) is 5.91 Å². The molecule has 0 bridgehead atoms. The van der Waals surface area contributed by atoms with Crippen LogP contribution in [0.3, 0.4) is 0 Å². The van der Waals surface area contributed by atoms with E-state index in [2.05, 4.69) is 5.32 Å². The van der Waals surface area contributed by atoms with Crippen molar-refractivity contribution in [1.29, 1.82) is 0 Å². The van der Waals surface area contributed by atoms with Gasteiger partial charge in [-0.3, -0.25) is 4.79 Å². The molecule has 122 valence electrons. The molecule has 22 heavy (non-hydrogen) atoms. The van der Waals surface area contributed by atoms with Crippen molar-refractivity contribution in [3.63, 3.8) is 0 Å². The van der Waals surface area contributed by atoms with Gasteiger partial charge in [0.25, 0.3) is 0 Å². The number of fused-ring (bicyclic) bond motifs is 1. The molecule has 0 saturated heterocycles. The van der Waals surface area contributed by atoms with Gasteiger partial charge < -0.3 is 20.1 Å². The van der Waals surface area contributed by atoms with E-state index in [9.17, 15) is 14.3 Å². The fourth-order valence-electron chi connectivity index (χ4n) is 2.69. The van der Waals surface area contributed by atoms with Crippen molar-refractivity contribution in [2.24, 2.45) is 5.92 Å². The van der Waals surface area contributed by atoms with Crippen LogP contribution >= 0.6 is 0 Å². The highest BCUT2D eigenvalue weighted by molar-refractivity contribution is 5.79. The molecule has 1 heterocycles. The Kier molecular flexibility index (Phi) is 5.03. The number of carbonyl (C=O) groups is 1. The third kappa shape index (κ3) is 4.42. The summed E-state index contributed by atoms with van der Waals surface area (Å²) in [5.41, 5.74) is -0.301. The van der Waals surface area contributed by atoms with Crippen molar-refractivity contribution >= 4 is 5.91 Å². The highest BCUT2D eigenvalue weighted by Crippen LogP contribution is 2.28. The van der Waals surface area contributed by atoms with Crippen LogP contribution in [0.1, 0.15) is 12.5 Å². The van der Waals surface area contributed by atoms with E-state index in [4.69, 9.17) is 4.74 Å². The van der Waals surface area contributed by atoms with E-state index in [0.717, 1.165) is 0 Å². The molecule has 0 radical (unpaired) electrons. The highest BCUT2D eigenvalue weighted by Gasteiger charge is 2.28. The molecule has 5 nitrogen and oxygen atoms in total. The lowest BCUT2D eigenvalue weighted by Crippen LogP contribution is -2.49. The van der Waals surface area contributed by atoms with E-state index < -0.39 is 5.60 Å². The SMILES string of the molecule is CN(C)CC(C)(O)CNC(=O)C1COc2ccc(F)cc2C1. The summed E-state index contributed by atoms with van der Waals surface area (Å²) < 4.78 is 18.8. The minimum Gasteiger partial charge on any atom is -0.492 e. The molecule has 0 spiro atoms.